The molecule has 0 saturated carbocycles. The van der Waals surface area contributed by atoms with Crippen molar-refractivity contribution in [1.29, 1.82) is 0 Å². The van der Waals surface area contributed by atoms with Gasteiger partial charge >= 0.3 is 0 Å². The maximum Gasteiger partial charge on any atom is 0.143 e. The lowest BCUT2D eigenvalue weighted by Crippen LogP contribution is -2.03. The summed E-state index contributed by atoms with van der Waals surface area (Å²) in [5.41, 5.74) is 9.16. The normalized spacial score (nSPS) is 10.5. The fourth-order valence-corrected chi connectivity index (χ4v) is 2.49. The minimum absolute atomic E-state index is 0.0729. The van der Waals surface area contributed by atoms with Crippen LogP contribution in [0.2, 0.25) is 5.02 Å². The second-order valence-electron chi connectivity index (χ2n) is 3.79. The number of aryl methyl sites for hydroxylation is 1. The smallest absolute Gasteiger partial charge is 0.143 e. The first kappa shape index (κ1) is 12.2. The van der Waals surface area contributed by atoms with Gasteiger partial charge in [0.25, 0.3) is 0 Å². The van der Waals surface area contributed by atoms with E-state index in [0.29, 0.717) is 17.9 Å². The minimum Gasteiger partial charge on any atom is -0.397 e. The molecule has 0 aliphatic heterocycles. The fourth-order valence-electron chi connectivity index (χ4n) is 1.47. The molecule has 0 amide bonds. The van der Waals surface area contributed by atoms with Gasteiger partial charge in [-0.05, 0) is 34.9 Å². The van der Waals surface area contributed by atoms with Crippen molar-refractivity contribution in [3.8, 4) is 0 Å². The highest BCUT2D eigenvalue weighted by atomic mass is 35.5. The number of nitrogen functional groups attached to an aromatic ring is 1. The molecule has 5 heteroatoms. The quantitative estimate of drug-likeness (QED) is 0.826. The zero-order valence-corrected chi connectivity index (χ0v) is 10.8. The van der Waals surface area contributed by atoms with E-state index in [1.807, 2.05) is 0 Å². The van der Waals surface area contributed by atoms with Gasteiger partial charge in [0.2, 0.25) is 0 Å². The largest absolute Gasteiger partial charge is 0.397 e. The number of nitrogens with two attached hydrogens (primary N) is 1. The molecule has 1 aromatic heterocycles. The molecule has 0 atom stereocenters. The summed E-state index contributed by atoms with van der Waals surface area (Å²) < 4.78 is 13.1. The summed E-state index contributed by atoms with van der Waals surface area (Å²) in [6.07, 6.45) is 0. The van der Waals surface area contributed by atoms with Gasteiger partial charge < -0.3 is 11.1 Å². The summed E-state index contributed by atoms with van der Waals surface area (Å²) in [6, 6.07) is 2.74. The van der Waals surface area contributed by atoms with Crippen LogP contribution in [0.25, 0.3) is 0 Å². The summed E-state index contributed by atoms with van der Waals surface area (Å²) in [5.74, 6) is -0.499. The molecule has 0 aliphatic rings. The van der Waals surface area contributed by atoms with Crippen LogP contribution in [0, 0.1) is 12.7 Å². The molecule has 1 aromatic carbocycles. The lowest BCUT2D eigenvalue weighted by atomic mass is 10.2. The Bertz CT molecular complexity index is 539. The van der Waals surface area contributed by atoms with Gasteiger partial charge in [-0.1, -0.05) is 11.6 Å². The molecule has 0 aliphatic carbocycles. The molecule has 0 unspecified atom stereocenters. The van der Waals surface area contributed by atoms with Gasteiger partial charge in [-0.25, -0.2) is 4.39 Å². The van der Waals surface area contributed by atoms with Crippen LogP contribution in [0.4, 0.5) is 15.8 Å². The third-order valence-corrected chi connectivity index (χ3v) is 3.72. The third-order valence-electron chi connectivity index (χ3n) is 2.52. The van der Waals surface area contributed by atoms with Crippen LogP contribution >= 0.6 is 22.9 Å². The molecule has 0 saturated heterocycles. The second-order valence-corrected chi connectivity index (χ2v) is 4.94. The van der Waals surface area contributed by atoms with Crippen molar-refractivity contribution in [1.82, 2.24) is 0 Å². The standard InChI is InChI=1S/C12H12ClFN2S/c1-7-5-17-6-8(7)4-16-12-2-9(13)10(14)3-11(12)15/h2-3,5-6,16H,4,15H2,1H3. The summed E-state index contributed by atoms with van der Waals surface area (Å²) in [6.45, 7) is 2.70. The van der Waals surface area contributed by atoms with Crippen molar-refractivity contribution in [2.75, 3.05) is 11.1 Å². The Balaban J connectivity index is 2.14. The third kappa shape index (κ3) is 2.70. The van der Waals surface area contributed by atoms with Crippen LogP contribution in [-0.4, -0.2) is 0 Å². The van der Waals surface area contributed by atoms with Gasteiger partial charge in [-0.3, -0.25) is 0 Å². The molecule has 3 N–H and O–H groups in total. The number of hydrogen-bond acceptors (Lipinski definition) is 3. The maximum atomic E-state index is 13.1. The summed E-state index contributed by atoms with van der Waals surface area (Å²) in [7, 11) is 0. The topological polar surface area (TPSA) is 38.0 Å². The highest BCUT2D eigenvalue weighted by Gasteiger charge is 2.06. The van der Waals surface area contributed by atoms with E-state index in [2.05, 4.69) is 23.0 Å². The zero-order valence-electron chi connectivity index (χ0n) is 9.26. The molecule has 0 spiro atoms. The Hall–Kier alpha value is -1.26. The van der Waals surface area contributed by atoms with Gasteiger partial charge in [0, 0.05) is 12.6 Å². The molecule has 17 heavy (non-hydrogen) atoms. The monoisotopic (exact) mass is 270 g/mol. The van der Waals surface area contributed by atoms with Crippen LogP contribution in [0.1, 0.15) is 11.1 Å². The number of anilines is 2. The molecular formula is C12H12ClFN2S. The van der Waals surface area contributed by atoms with E-state index in [9.17, 15) is 4.39 Å². The van der Waals surface area contributed by atoms with E-state index in [1.54, 1.807) is 11.3 Å². The lowest BCUT2D eigenvalue weighted by molar-refractivity contribution is 0.629. The molecule has 2 aromatic rings. The van der Waals surface area contributed by atoms with Crippen molar-refractivity contribution in [2.45, 2.75) is 13.5 Å². The average Bonchev–Trinajstić information content (AvgIpc) is 2.68. The van der Waals surface area contributed by atoms with E-state index in [1.165, 1.54) is 23.3 Å². The van der Waals surface area contributed by atoms with E-state index < -0.39 is 5.82 Å². The van der Waals surface area contributed by atoms with Crippen LogP contribution in [-0.2, 0) is 6.54 Å². The lowest BCUT2D eigenvalue weighted by Gasteiger charge is -2.10. The zero-order chi connectivity index (χ0) is 12.4. The predicted octanol–water partition coefficient (Wildman–Crippen LogP) is 4.04. The van der Waals surface area contributed by atoms with Crippen LogP contribution in [0.5, 0.6) is 0 Å². The van der Waals surface area contributed by atoms with Gasteiger partial charge in [-0.15, -0.1) is 0 Å². The Kier molecular flexibility index (Phi) is 3.54. The number of benzene rings is 1. The van der Waals surface area contributed by atoms with Crippen LogP contribution in [0.15, 0.2) is 22.9 Å². The van der Waals surface area contributed by atoms with Crippen molar-refractivity contribution in [3.05, 3.63) is 44.9 Å². The number of nitrogens with one attached hydrogen (secondary N) is 1. The molecule has 0 fully saturated rings. The fraction of sp³-hybridized carbons (Fsp3) is 0.167. The summed E-state index contributed by atoms with van der Waals surface area (Å²) in [4.78, 5) is 0. The summed E-state index contributed by atoms with van der Waals surface area (Å²) in [5, 5.41) is 7.38. The summed E-state index contributed by atoms with van der Waals surface area (Å²) >= 11 is 7.36. The number of thiophene rings is 1. The first-order valence-electron chi connectivity index (χ1n) is 5.08. The minimum atomic E-state index is -0.499. The van der Waals surface area contributed by atoms with E-state index in [4.69, 9.17) is 17.3 Å². The van der Waals surface area contributed by atoms with Gasteiger partial charge in [0.1, 0.15) is 5.82 Å². The second kappa shape index (κ2) is 4.94. The average molecular weight is 271 g/mol. The molecule has 2 nitrogen and oxygen atoms in total. The van der Waals surface area contributed by atoms with Crippen molar-refractivity contribution < 1.29 is 4.39 Å². The Morgan fingerprint density at radius 3 is 2.82 bits per heavy atom. The van der Waals surface area contributed by atoms with Crippen LogP contribution < -0.4 is 11.1 Å². The Morgan fingerprint density at radius 2 is 2.18 bits per heavy atom. The number of hydrogen-bond donors (Lipinski definition) is 2. The van der Waals surface area contributed by atoms with E-state index >= 15 is 0 Å². The van der Waals surface area contributed by atoms with Gasteiger partial charge in [0.05, 0.1) is 16.4 Å². The Morgan fingerprint density at radius 1 is 1.41 bits per heavy atom. The maximum absolute atomic E-state index is 13.1. The predicted molar refractivity (Wildman–Crippen MR) is 72.2 cm³/mol. The van der Waals surface area contributed by atoms with E-state index in [0.717, 1.165) is 0 Å². The van der Waals surface area contributed by atoms with Gasteiger partial charge in [-0.2, -0.15) is 11.3 Å². The highest BCUT2D eigenvalue weighted by molar-refractivity contribution is 7.08. The van der Waals surface area contributed by atoms with E-state index in [-0.39, 0.29) is 5.02 Å². The van der Waals surface area contributed by atoms with Crippen molar-refractivity contribution >= 4 is 34.3 Å². The number of rotatable bonds is 3. The Labute approximate surface area is 108 Å². The van der Waals surface area contributed by atoms with Crippen LogP contribution in [0.3, 0.4) is 0 Å². The molecule has 90 valence electrons. The molecular weight excluding hydrogens is 259 g/mol. The SMILES string of the molecule is Cc1cscc1CNc1cc(Cl)c(F)cc1N. The van der Waals surface area contributed by atoms with Crippen molar-refractivity contribution in [3.63, 3.8) is 0 Å². The molecule has 0 radical (unpaired) electrons. The van der Waals surface area contributed by atoms with Crippen molar-refractivity contribution in [2.24, 2.45) is 0 Å². The molecule has 2 rings (SSSR count). The first-order chi connectivity index (χ1) is 8.08. The van der Waals surface area contributed by atoms with Gasteiger partial charge in [0.15, 0.2) is 0 Å². The highest BCUT2D eigenvalue weighted by Crippen LogP contribution is 2.27. The molecule has 0 bridgehead atoms. The first-order valence-corrected chi connectivity index (χ1v) is 6.40. The number of halogens is 2. The molecule has 1 heterocycles.